The average Bonchev–Trinajstić information content (AvgIpc) is 3.49. The SMILES string of the molecule is Cc1ccc([C@H]2/C(=C(\O)c3ccc4c(c3)C[C@@H](C)O4)C(=O)C(=O)N2CCCN2CCOCC2)o1. The van der Waals surface area contributed by atoms with Gasteiger partial charge in [-0.2, -0.15) is 0 Å². The lowest BCUT2D eigenvalue weighted by molar-refractivity contribution is -0.140. The van der Waals surface area contributed by atoms with Crippen molar-refractivity contribution < 1.29 is 28.6 Å². The van der Waals surface area contributed by atoms with Gasteiger partial charge in [0.15, 0.2) is 0 Å². The monoisotopic (exact) mass is 466 g/mol. The first-order chi connectivity index (χ1) is 16.4. The number of likely N-dealkylation sites (tertiary alicyclic amines) is 1. The third-order valence-corrected chi connectivity index (χ3v) is 6.72. The Labute approximate surface area is 198 Å². The van der Waals surface area contributed by atoms with E-state index in [1.807, 2.05) is 19.9 Å². The predicted octanol–water partition coefficient (Wildman–Crippen LogP) is 3.06. The minimum absolute atomic E-state index is 0.0653. The molecule has 2 aromatic rings. The molecule has 1 N–H and O–H groups in total. The summed E-state index contributed by atoms with van der Waals surface area (Å²) in [4.78, 5) is 30.1. The van der Waals surface area contributed by atoms with Crippen LogP contribution in [0.3, 0.4) is 0 Å². The van der Waals surface area contributed by atoms with E-state index in [-0.39, 0.29) is 17.4 Å². The third-order valence-electron chi connectivity index (χ3n) is 6.72. The van der Waals surface area contributed by atoms with Crippen LogP contribution in [0.4, 0.5) is 0 Å². The molecule has 2 saturated heterocycles. The summed E-state index contributed by atoms with van der Waals surface area (Å²) < 4.78 is 17.0. The Morgan fingerprint density at radius 3 is 2.65 bits per heavy atom. The number of carbonyl (C=O) groups excluding carboxylic acids is 2. The van der Waals surface area contributed by atoms with Crippen molar-refractivity contribution in [3.05, 3.63) is 58.6 Å². The van der Waals surface area contributed by atoms with Crippen LogP contribution in [0.1, 0.15) is 42.0 Å². The van der Waals surface area contributed by atoms with E-state index in [0.29, 0.717) is 43.3 Å². The van der Waals surface area contributed by atoms with Crippen LogP contribution >= 0.6 is 0 Å². The lowest BCUT2D eigenvalue weighted by Crippen LogP contribution is -2.38. The summed E-state index contributed by atoms with van der Waals surface area (Å²) in [5.74, 6) is 0.454. The smallest absolute Gasteiger partial charge is 0.295 e. The second-order valence-corrected chi connectivity index (χ2v) is 9.20. The first kappa shape index (κ1) is 22.7. The highest BCUT2D eigenvalue weighted by Gasteiger charge is 2.47. The van der Waals surface area contributed by atoms with Crippen molar-refractivity contribution in [1.82, 2.24) is 9.80 Å². The summed E-state index contributed by atoms with van der Waals surface area (Å²) in [5, 5.41) is 11.3. The van der Waals surface area contributed by atoms with Crippen molar-refractivity contribution in [2.45, 2.75) is 38.8 Å². The molecule has 3 aliphatic heterocycles. The predicted molar refractivity (Wildman–Crippen MR) is 125 cm³/mol. The van der Waals surface area contributed by atoms with Crippen molar-refractivity contribution in [3.8, 4) is 5.75 Å². The molecule has 8 heteroatoms. The molecule has 0 radical (unpaired) electrons. The molecule has 34 heavy (non-hydrogen) atoms. The Hall–Kier alpha value is -3.10. The molecule has 0 unspecified atom stereocenters. The van der Waals surface area contributed by atoms with E-state index >= 15 is 0 Å². The molecule has 0 saturated carbocycles. The lowest BCUT2D eigenvalue weighted by Gasteiger charge is -2.28. The fourth-order valence-electron chi connectivity index (χ4n) is 5.02. The number of aliphatic hydroxyl groups is 1. The van der Waals surface area contributed by atoms with Gasteiger partial charge in [-0.3, -0.25) is 14.5 Å². The molecule has 4 heterocycles. The topological polar surface area (TPSA) is 92.5 Å². The zero-order chi connectivity index (χ0) is 23.8. The molecule has 1 aromatic carbocycles. The maximum Gasteiger partial charge on any atom is 0.295 e. The van der Waals surface area contributed by atoms with Gasteiger partial charge < -0.3 is 23.9 Å². The lowest BCUT2D eigenvalue weighted by atomic mass is 9.97. The van der Waals surface area contributed by atoms with Crippen LogP contribution in [-0.4, -0.2) is 72.1 Å². The van der Waals surface area contributed by atoms with E-state index in [2.05, 4.69) is 4.90 Å². The number of carbonyl (C=O) groups is 2. The largest absolute Gasteiger partial charge is 0.507 e. The number of Topliss-reactive ketones (excluding diaryl/α,β-unsaturated/α-hetero) is 1. The number of nitrogens with zero attached hydrogens (tertiary/aromatic N) is 2. The standard InChI is InChI=1S/C26H30N2O6/c1-16-4-6-21(33-16)23-22(24(29)18-5-7-20-19(15-18)14-17(2)34-20)25(30)26(31)28(23)9-3-8-27-10-12-32-13-11-27/h4-7,15,17,23,29H,3,8-14H2,1-2H3/b24-22+/t17-,23+/m1/s1. The van der Waals surface area contributed by atoms with Crippen LogP contribution in [-0.2, 0) is 20.7 Å². The molecular weight excluding hydrogens is 436 g/mol. The normalized spacial score (nSPS) is 24.5. The minimum Gasteiger partial charge on any atom is -0.507 e. The van der Waals surface area contributed by atoms with Crippen molar-refractivity contribution >= 4 is 17.4 Å². The van der Waals surface area contributed by atoms with Gasteiger partial charge in [-0.05, 0) is 56.2 Å². The Morgan fingerprint density at radius 2 is 1.91 bits per heavy atom. The zero-order valence-corrected chi connectivity index (χ0v) is 19.6. The first-order valence-corrected chi connectivity index (χ1v) is 11.9. The number of furan rings is 1. The summed E-state index contributed by atoms with van der Waals surface area (Å²) in [6.45, 7) is 8.14. The van der Waals surface area contributed by atoms with Crippen molar-refractivity contribution in [2.24, 2.45) is 0 Å². The first-order valence-electron chi connectivity index (χ1n) is 11.9. The van der Waals surface area contributed by atoms with Gasteiger partial charge in [0.1, 0.15) is 35.2 Å². The molecule has 0 bridgehead atoms. The van der Waals surface area contributed by atoms with Crippen LogP contribution in [0.25, 0.3) is 5.76 Å². The fraction of sp³-hybridized carbons (Fsp3) is 0.462. The molecule has 1 aromatic heterocycles. The maximum atomic E-state index is 13.2. The summed E-state index contributed by atoms with van der Waals surface area (Å²) in [7, 11) is 0. The number of rotatable bonds is 6. The summed E-state index contributed by atoms with van der Waals surface area (Å²) in [6.07, 6.45) is 1.50. The maximum absolute atomic E-state index is 13.2. The molecule has 2 atom stereocenters. The summed E-state index contributed by atoms with van der Waals surface area (Å²) in [5.41, 5.74) is 1.54. The van der Waals surface area contributed by atoms with E-state index in [1.165, 1.54) is 4.90 Å². The zero-order valence-electron chi connectivity index (χ0n) is 19.6. The molecule has 5 rings (SSSR count). The van der Waals surface area contributed by atoms with Gasteiger partial charge in [0.05, 0.1) is 18.8 Å². The van der Waals surface area contributed by atoms with E-state index in [4.69, 9.17) is 13.9 Å². The number of morpholine rings is 1. The summed E-state index contributed by atoms with van der Waals surface area (Å²) >= 11 is 0. The van der Waals surface area contributed by atoms with Gasteiger partial charge in [0.25, 0.3) is 11.7 Å². The highest BCUT2D eigenvalue weighted by Crippen LogP contribution is 2.41. The van der Waals surface area contributed by atoms with Gasteiger partial charge in [-0.1, -0.05) is 0 Å². The van der Waals surface area contributed by atoms with Crippen LogP contribution in [0.15, 0.2) is 40.3 Å². The Morgan fingerprint density at radius 1 is 1.12 bits per heavy atom. The van der Waals surface area contributed by atoms with Crippen LogP contribution in [0.5, 0.6) is 5.75 Å². The highest BCUT2D eigenvalue weighted by molar-refractivity contribution is 6.46. The molecular formula is C26H30N2O6. The second kappa shape index (κ2) is 9.27. The fourth-order valence-corrected chi connectivity index (χ4v) is 5.02. The van der Waals surface area contributed by atoms with Crippen LogP contribution in [0.2, 0.25) is 0 Å². The number of aliphatic hydroxyl groups excluding tert-OH is 1. The highest BCUT2D eigenvalue weighted by atomic mass is 16.5. The molecule has 8 nitrogen and oxygen atoms in total. The summed E-state index contributed by atoms with van der Waals surface area (Å²) in [6, 6.07) is 8.18. The van der Waals surface area contributed by atoms with Crippen molar-refractivity contribution in [2.75, 3.05) is 39.4 Å². The molecule has 3 aliphatic rings. The molecule has 0 spiro atoms. The number of fused-ring (bicyclic) bond motifs is 1. The molecule has 0 aliphatic carbocycles. The number of amides is 1. The number of hydrogen-bond donors (Lipinski definition) is 1. The van der Waals surface area contributed by atoms with Gasteiger partial charge in [-0.25, -0.2) is 0 Å². The van der Waals surface area contributed by atoms with Gasteiger partial charge in [0.2, 0.25) is 0 Å². The van der Waals surface area contributed by atoms with Gasteiger partial charge >= 0.3 is 0 Å². The number of ketones is 1. The Bertz CT molecular complexity index is 1130. The van der Waals surface area contributed by atoms with Crippen molar-refractivity contribution in [1.29, 1.82) is 0 Å². The number of benzene rings is 1. The van der Waals surface area contributed by atoms with E-state index in [0.717, 1.165) is 37.4 Å². The number of hydrogen-bond acceptors (Lipinski definition) is 7. The Balaban J connectivity index is 1.46. The van der Waals surface area contributed by atoms with Crippen LogP contribution < -0.4 is 4.74 Å². The number of ether oxygens (including phenoxy) is 2. The van der Waals surface area contributed by atoms with E-state index in [9.17, 15) is 14.7 Å². The molecule has 180 valence electrons. The van der Waals surface area contributed by atoms with E-state index < -0.39 is 17.7 Å². The average molecular weight is 467 g/mol. The van der Waals surface area contributed by atoms with Gasteiger partial charge in [-0.15, -0.1) is 0 Å². The number of aryl methyl sites for hydroxylation is 1. The van der Waals surface area contributed by atoms with Gasteiger partial charge in [0, 0.05) is 38.2 Å². The van der Waals surface area contributed by atoms with Crippen molar-refractivity contribution in [3.63, 3.8) is 0 Å². The minimum atomic E-state index is -0.762. The van der Waals surface area contributed by atoms with Crippen LogP contribution in [0, 0.1) is 6.92 Å². The Kier molecular flexibility index (Phi) is 6.18. The molecule has 2 fully saturated rings. The van der Waals surface area contributed by atoms with E-state index in [1.54, 1.807) is 24.3 Å². The quantitative estimate of drug-likeness (QED) is 0.397. The second-order valence-electron chi connectivity index (χ2n) is 9.20. The third kappa shape index (κ3) is 4.23. The molecule has 1 amide bonds.